The van der Waals surface area contributed by atoms with Crippen LogP contribution in [0.25, 0.3) is 0 Å². The summed E-state index contributed by atoms with van der Waals surface area (Å²) in [6.07, 6.45) is 1.30. The molecule has 1 amide bonds. The molecule has 0 aliphatic rings. The predicted octanol–water partition coefficient (Wildman–Crippen LogP) is 4.19. The molecule has 0 saturated heterocycles. The Labute approximate surface area is 177 Å². The van der Waals surface area contributed by atoms with Gasteiger partial charge >= 0.3 is 5.69 Å². The highest BCUT2D eigenvalue weighted by Gasteiger charge is 2.16. The molecule has 2 rings (SSSR count). The van der Waals surface area contributed by atoms with Gasteiger partial charge in [-0.15, -0.1) is 0 Å². The molecule has 29 heavy (non-hydrogen) atoms. The van der Waals surface area contributed by atoms with Crippen LogP contribution in [-0.2, 0) is 10.2 Å². The van der Waals surface area contributed by atoms with E-state index in [1.807, 2.05) is 12.1 Å². The van der Waals surface area contributed by atoms with Gasteiger partial charge in [0.25, 0.3) is 5.91 Å². The van der Waals surface area contributed by atoms with E-state index in [0.29, 0.717) is 11.3 Å². The molecule has 0 aliphatic heterocycles. The number of hydrogen-bond acceptors (Lipinski definition) is 6. The molecular formula is C20H22BrN3O5. The van der Waals surface area contributed by atoms with Gasteiger partial charge in [0.15, 0.2) is 12.4 Å². The number of amides is 1. The lowest BCUT2D eigenvalue weighted by Gasteiger charge is -2.20. The van der Waals surface area contributed by atoms with Crippen molar-refractivity contribution in [2.24, 2.45) is 5.10 Å². The van der Waals surface area contributed by atoms with Crippen LogP contribution < -0.4 is 14.9 Å². The summed E-state index contributed by atoms with van der Waals surface area (Å²) in [5, 5.41) is 14.8. The van der Waals surface area contributed by atoms with Crippen molar-refractivity contribution in [2.45, 2.75) is 26.2 Å². The number of benzene rings is 2. The van der Waals surface area contributed by atoms with Crippen molar-refractivity contribution in [2.75, 3.05) is 13.7 Å². The van der Waals surface area contributed by atoms with Crippen molar-refractivity contribution >= 4 is 33.7 Å². The minimum atomic E-state index is -0.550. The molecule has 0 fully saturated rings. The summed E-state index contributed by atoms with van der Waals surface area (Å²) in [6, 6.07) is 10.1. The summed E-state index contributed by atoms with van der Waals surface area (Å²) < 4.78 is 11.2. The molecule has 2 aromatic carbocycles. The second kappa shape index (κ2) is 9.51. The molecular weight excluding hydrogens is 442 g/mol. The van der Waals surface area contributed by atoms with E-state index in [2.05, 4.69) is 47.2 Å². The molecule has 8 nitrogen and oxygen atoms in total. The van der Waals surface area contributed by atoms with Crippen LogP contribution in [0.2, 0.25) is 0 Å². The zero-order valence-electron chi connectivity index (χ0n) is 16.6. The Hall–Kier alpha value is -2.94. The molecule has 0 aromatic heterocycles. The highest BCUT2D eigenvalue weighted by Crippen LogP contribution is 2.31. The number of nitro benzene ring substituents is 1. The zero-order chi connectivity index (χ0) is 21.6. The van der Waals surface area contributed by atoms with Gasteiger partial charge < -0.3 is 9.47 Å². The molecule has 0 unspecified atom stereocenters. The first-order valence-electron chi connectivity index (χ1n) is 8.69. The summed E-state index contributed by atoms with van der Waals surface area (Å²) in [5.41, 5.74) is 3.72. The summed E-state index contributed by atoms with van der Waals surface area (Å²) in [6.45, 7) is 6.10. The van der Waals surface area contributed by atoms with Crippen molar-refractivity contribution in [3.63, 3.8) is 0 Å². The number of rotatable bonds is 7. The van der Waals surface area contributed by atoms with Gasteiger partial charge in [0, 0.05) is 11.6 Å². The average molecular weight is 464 g/mol. The Bertz CT molecular complexity index is 938. The van der Waals surface area contributed by atoms with Crippen LogP contribution in [0, 0.1) is 10.1 Å². The van der Waals surface area contributed by atoms with E-state index in [-0.39, 0.29) is 23.5 Å². The van der Waals surface area contributed by atoms with E-state index < -0.39 is 10.8 Å². The zero-order valence-corrected chi connectivity index (χ0v) is 18.1. The molecule has 0 spiro atoms. The van der Waals surface area contributed by atoms with Crippen LogP contribution in [0.4, 0.5) is 5.69 Å². The topological polar surface area (TPSA) is 103 Å². The predicted molar refractivity (Wildman–Crippen MR) is 114 cm³/mol. The molecule has 0 radical (unpaired) electrons. The van der Waals surface area contributed by atoms with Crippen LogP contribution >= 0.6 is 15.9 Å². The number of halogens is 1. The number of ether oxygens (including phenoxy) is 2. The summed E-state index contributed by atoms with van der Waals surface area (Å²) in [7, 11) is 1.35. The van der Waals surface area contributed by atoms with E-state index in [1.165, 1.54) is 25.5 Å². The number of hydrogen-bond donors (Lipinski definition) is 1. The molecule has 0 heterocycles. The van der Waals surface area contributed by atoms with E-state index >= 15 is 0 Å². The van der Waals surface area contributed by atoms with Crippen LogP contribution in [0.3, 0.4) is 0 Å². The number of carbonyl (C=O) groups excluding carboxylic acids is 1. The Morgan fingerprint density at radius 2 is 1.93 bits per heavy atom. The number of hydrazone groups is 1. The molecule has 2 aromatic rings. The molecule has 9 heteroatoms. The molecule has 154 valence electrons. The fourth-order valence-corrected chi connectivity index (χ4v) is 2.86. The molecule has 0 saturated carbocycles. The van der Waals surface area contributed by atoms with Gasteiger partial charge in [-0.2, -0.15) is 5.10 Å². The highest BCUT2D eigenvalue weighted by atomic mass is 79.9. The van der Waals surface area contributed by atoms with Crippen molar-refractivity contribution in [1.29, 1.82) is 0 Å². The fraction of sp³-hybridized carbons (Fsp3) is 0.300. The maximum absolute atomic E-state index is 11.9. The second-order valence-corrected chi connectivity index (χ2v) is 8.02. The number of nitro groups is 1. The Morgan fingerprint density at radius 3 is 2.52 bits per heavy atom. The van der Waals surface area contributed by atoms with Gasteiger partial charge in [-0.1, -0.05) is 26.8 Å². The van der Waals surface area contributed by atoms with Crippen molar-refractivity contribution < 1.29 is 19.2 Å². The monoisotopic (exact) mass is 463 g/mol. The van der Waals surface area contributed by atoms with Crippen LogP contribution in [0.5, 0.6) is 11.5 Å². The third-order valence-corrected chi connectivity index (χ3v) is 4.58. The molecule has 0 atom stereocenters. The Morgan fingerprint density at radius 1 is 1.24 bits per heavy atom. The van der Waals surface area contributed by atoms with Gasteiger partial charge in [0.1, 0.15) is 5.75 Å². The summed E-state index contributed by atoms with van der Waals surface area (Å²) in [5.74, 6) is 0.228. The van der Waals surface area contributed by atoms with Gasteiger partial charge in [-0.05, 0) is 51.2 Å². The lowest BCUT2D eigenvalue weighted by Crippen LogP contribution is -2.24. The smallest absolute Gasteiger partial charge is 0.311 e. The SMILES string of the molecule is COc1ccc(/C=N/NC(=O)COc2ccc(C(C)(C)C)cc2Br)cc1[N+](=O)[O-]. The van der Waals surface area contributed by atoms with Gasteiger partial charge in [0.05, 0.1) is 22.7 Å². The fourth-order valence-electron chi connectivity index (χ4n) is 2.37. The lowest BCUT2D eigenvalue weighted by molar-refractivity contribution is -0.385. The summed E-state index contributed by atoms with van der Waals surface area (Å²) >= 11 is 3.45. The van der Waals surface area contributed by atoms with Crippen LogP contribution in [-0.4, -0.2) is 30.8 Å². The van der Waals surface area contributed by atoms with Crippen molar-refractivity contribution in [3.8, 4) is 11.5 Å². The molecule has 1 N–H and O–H groups in total. The second-order valence-electron chi connectivity index (χ2n) is 7.17. The maximum Gasteiger partial charge on any atom is 0.311 e. The first-order chi connectivity index (χ1) is 13.6. The molecule has 0 bridgehead atoms. The number of carbonyl (C=O) groups is 1. The van der Waals surface area contributed by atoms with Crippen molar-refractivity contribution in [3.05, 3.63) is 62.1 Å². The number of nitrogens with one attached hydrogen (secondary N) is 1. The van der Waals surface area contributed by atoms with Gasteiger partial charge in [-0.25, -0.2) is 5.43 Å². The largest absolute Gasteiger partial charge is 0.490 e. The normalized spacial score (nSPS) is 11.3. The quantitative estimate of drug-likeness (QED) is 0.376. The van der Waals surface area contributed by atoms with E-state index in [4.69, 9.17) is 9.47 Å². The first-order valence-corrected chi connectivity index (χ1v) is 9.48. The van der Waals surface area contributed by atoms with Crippen molar-refractivity contribution in [1.82, 2.24) is 5.43 Å². The Balaban J connectivity index is 1.94. The first kappa shape index (κ1) is 22.4. The van der Waals surface area contributed by atoms with Crippen LogP contribution in [0.1, 0.15) is 31.9 Å². The highest BCUT2D eigenvalue weighted by molar-refractivity contribution is 9.10. The Kier molecular flexibility index (Phi) is 7.33. The minimum absolute atomic E-state index is 0.00364. The minimum Gasteiger partial charge on any atom is -0.490 e. The van der Waals surface area contributed by atoms with Gasteiger partial charge in [-0.3, -0.25) is 14.9 Å². The third-order valence-electron chi connectivity index (χ3n) is 3.96. The van der Waals surface area contributed by atoms with Crippen LogP contribution in [0.15, 0.2) is 46.0 Å². The number of nitrogens with zero attached hydrogens (tertiary/aromatic N) is 2. The van der Waals surface area contributed by atoms with E-state index in [1.54, 1.807) is 12.1 Å². The number of methoxy groups -OCH3 is 1. The lowest BCUT2D eigenvalue weighted by atomic mass is 9.87. The summed E-state index contributed by atoms with van der Waals surface area (Å²) in [4.78, 5) is 22.4. The third kappa shape index (κ3) is 6.28. The van der Waals surface area contributed by atoms with E-state index in [9.17, 15) is 14.9 Å². The average Bonchev–Trinajstić information content (AvgIpc) is 2.66. The van der Waals surface area contributed by atoms with Gasteiger partial charge in [0.2, 0.25) is 0 Å². The molecule has 0 aliphatic carbocycles. The standard InChI is InChI=1S/C20H22BrN3O5/c1-20(2,3)14-6-8-17(15(21)10-14)29-12-19(25)23-22-11-13-5-7-18(28-4)16(9-13)24(26)27/h5-11H,12H2,1-4H3,(H,23,25)/b22-11+. The van der Waals surface area contributed by atoms with E-state index in [0.717, 1.165) is 10.0 Å². The maximum atomic E-state index is 11.9.